The lowest BCUT2D eigenvalue weighted by Gasteiger charge is -2.48. The Morgan fingerprint density at radius 2 is 1.41 bits per heavy atom. The van der Waals surface area contributed by atoms with Crippen molar-refractivity contribution in [2.45, 2.75) is 31.2 Å². The first-order chi connectivity index (χ1) is 12.9. The van der Waals surface area contributed by atoms with Gasteiger partial charge < -0.3 is 9.64 Å². The molecule has 0 aromatic heterocycles. The Bertz CT molecular complexity index is 741. The SMILES string of the molecule is CN1CCN(c2cc(C(F)(F)F)cc(C(F)(F)F)c2)[C@](C)(OC(=O)C(F)(F)F)C1. The van der Waals surface area contributed by atoms with Crippen LogP contribution in [0.2, 0.25) is 0 Å². The van der Waals surface area contributed by atoms with Crippen molar-refractivity contribution in [3.8, 4) is 0 Å². The fourth-order valence-corrected chi connectivity index (χ4v) is 3.01. The molecule has 0 aliphatic carbocycles. The van der Waals surface area contributed by atoms with Gasteiger partial charge in [-0.25, -0.2) is 4.79 Å². The highest BCUT2D eigenvalue weighted by molar-refractivity contribution is 5.76. The number of hydrogen-bond acceptors (Lipinski definition) is 4. The van der Waals surface area contributed by atoms with Crippen molar-refractivity contribution >= 4 is 11.7 Å². The maximum Gasteiger partial charge on any atom is 0.491 e. The molecular formula is C16H15F9N2O2. The maximum absolute atomic E-state index is 13.1. The van der Waals surface area contributed by atoms with Crippen LogP contribution in [0.15, 0.2) is 18.2 Å². The van der Waals surface area contributed by atoms with Gasteiger partial charge in [0, 0.05) is 18.8 Å². The molecule has 0 saturated carbocycles. The number of benzene rings is 1. The molecule has 1 aromatic rings. The Labute approximate surface area is 158 Å². The summed E-state index contributed by atoms with van der Waals surface area (Å²) < 4.78 is 121. The Hall–Kier alpha value is -2.18. The van der Waals surface area contributed by atoms with E-state index >= 15 is 0 Å². The minimum Gasteiger partial charge on any atom is -0.431 e. The predicted molar refractivity (Wildman–Crippen MR) is 81.8 cm³/mol. The fourth-order valence-electron chi connectivity index (χ4n) is 3.01. The zero-order valence-corrected chi connectivity index (χ0v) is 15.0. The van der Waals surface area contributed by atoms with Crippen molar-refractivity contribution in [3.63, 3.8) is 0 Å². The van der Waals surface area contributed by atoms with Crippen LogP contribution in [0, 0.1) is 0 Å². The van der Waals surface area contributed by atoms with E-state index in [0.29, 0.717) is 12.1 Å². The topological polar surface area (TPSA) is 32.8 Å². The van der Waals surface area contributed by atoms with Crippen LogP contribution < -0.4 is 4.90 Å². The number of rotatable bonds is 2. The Kier molecular flexibility index (Phi) is 5.78. The fraction of sp³-hybridized carbons (Fsp3) is 0.562. The quantitative estimate of drug-likeness (QED) is 0.510. The summed E-state index contributed by atoms with van der Waals surface area (Å²) in [7, 11) is 1.45. The molecule has 13 heteroatoms. The van der Waals surface area contributed by atoms with Crippen LogP contribution in [-0.2, 0) is 21.9 Å². The molecule has 1 aliphatic heterocycles. The van der Waals surface area contributed by atoms with E-state index < -0.39 is 47.0 Å². The van der Waals surface area contributed by atoms with Crippen molar-refractivity contribution in [2.24, 2.45) is 0 Å². The average Bonchev–Trinajstić information content (AvgIpc) is 2.51. The number of likely N-dealkylation sites (N-methyl/N-ethyl adjacent to an activating group) is 1. The van der Waals surface area contributed by atoms with E-state index in [0.717, 1.165) is 11.8 Å². The van der Waals surface area contributed by atoms with Gasteiger partial charge in [-0.3, -0.25) is 4.90 Å². The van der Waals surface area contributed by atoms with E-state index in [1.165, 1.54) is 11.9 Å². The Morgan fingerprint density at radius 3 is 1.83 bits per heavy atom. The second-order valence-corrected chi connectivity index (χ2v) is 6.72. The van der Waals surface area contributed by atoms with Crippen LogP contribution in [0.3, 0.4) is 0 Å². The van der Waals surface area contributed by atoms with Gasteiger partial charge in [-0.1, -0.05) is 0 Å². The smallest absolute Gasteiger partial charge is 0.431 e. The van der Waals surface area contributed by atoms with Gasteiger partial charge in [0.25, 0.3) is 0 Å². The second-order valence-electron chi connectivity index (χ2n) is 6.72. The van der Waals surface area contributed by atoms with E-state index in [1.807, 2.05) is 0 Å². The van der Waals surface area contributed by atoms with Crippen molar-refractivity contribution in [1.29, 1.82) is 0 Å². The number of halogens is 9. The molecule has 0 spiro atoms. The molecule has 0 amide bonds. The van der Waals surface area contributed by atoms with Gasteiger partial charge in [0.2, 0.25) is 0 Å². The summed E-state index contributed by atoms with van der Waals surface area (Å²) in [5.41, 5.74) is -6.10. The van der Waals surface area contributed by atoms with Crippen LogP contribution in [0.25, 0.3) is 0 Å². The minimum absolute atomic E-state index is 0.0940. The zero-order chi connectivity index (χ0) is 22.4. The molecule has 1 heterocycles. The first-order valence-electron chi connectivity index (χ1n) is 7.99. The summed E-state index contributed by atoms with van der Waals surface area (Å²) in [4.78, 5) is 13.5. The largest absolute Gasteiger partial charge is 0.491 e. The summed E-state index contributed by atoms with van der Waals surface area (Å²) in [5.74, 6) is -2.61. The van der Waals surface area contributed by atoms with Crippen molar-refractivity contribution in [3.05, 3.63) is 29.3 Å². The highest BCUT2D eigenvalue weighted by Gasteiger charge is 2.49. The van der Waals surface area contributed by atoms with Gasteiger partial charge >= 0.3 is 24.5 Å². The first kappa shape index (κ1) is 23.1. The van der Waals surface area contributed by atoms with Crippen molar-refractivity contribution in [2.75, 3.05) is 31.6 Å². The number of esters is 1. The van der Waals surface area contributed by atoms with E-state index in [2.05, 4.69) is 4.74 Å². The highest BCUT2D eigenvalue weighted by Crippen LogP contribution is 2.40. The number of hydrogen-bond donors (Lipinski definition) is 0. The molecule has 1 saturated heterocycles. The molecule has 29 heavy (non-hydrogen) atoms. The number of carbonyl (C=O) groups excluding carboxylic acids is 1. The van der Waals surface area contributed by atoms with Crippen molar-refractivity contribution in [1.82, 2.24) is 4.90 Å². The van der Waals surface area contributed by atoms with Gasteiger partial charge in [0.1, 0.15) is 0 Å². The number of alkyl halides is 9. The summed E-state index contributed by atoms with van der Waals surface area (Å²) in [6, 6.07) is 0.652. The van der Waals surface area contributed by atoms with Gasteiger partial charge in [0.05, 0.1) is 17.7 Å². The molecule has 0 unspecified atom stereocenters. The summed E-state index contributed by atoms with van der Waals surface area (Å²) in [6.07, 6.45) is -15.7. The van der Waals surface area contributed by atoms with Gasteiger partial charge in [-0.2, -0.15) is 39.5 Å². The lowest BCUT2D eigenvalue weighted by atomic mass is 10.0. The summed E-state index contributed by atoms with van der Waals surface area (Å²) in [6.45, 7) is 0.416. The molecule has 0 radical (unpaired) electrons. The number of piperazine rings is 1. The lowest BCUT2D eigenvalue weighted by molar-refractivity contribution is -0.215. The molecule has 2 rings (SSSR count). The summed E-state index contributed by atoms with van der Waals surface area (Å²) in [5, 5.41) is 0. The molecule has 1 atom stereocenters. The maximum atomic E-state index is 13.1. The van der Waals surface area contributed by atoms with Crippen LogP contribution in [-0.4, -0.2) is 49.5 Å². The van der Waals surface area contributed by atoms with Crippen LogP contribution in [0.4, 0.5) is 45.2 Å². The number of anilines is 1. The third-order valence-corrected chi connectivity index (χ3v) is 4.27. The van der Waals surface area contributed by atoms with E-state index in [4.69, 9.17) is 0 Å². The molecule has 1 aromatic carbocycles. The highest BCUT2D eigenvalue weighted by atomic mass is 19.4. The minimum atomic E-state index is -5.39. The van der Waals surface area contributed by atoms with Gasteiger partial charge in [-0.05, 0) is 32.2 Å². The summed E-state index contributed by atoms with van der Waals surface area (Å²) >= 11 is 0. The van der Waals surface area contributed by atoms with Crippen LogP contribution >= 0.6 is 0 Å². The van der Waals surface area contributed by atoms with E-state index in [9.17, 15) is 44.3 Å². The number of ether oxygens (including phenoxy) is 1. The molecule has 164 valence electrons. The van der Waals surface area contributed by atoms with Crippen molar-refractivity contribution < 1.29 is 49.0 Å². The second kappa shape index (κ2) is 7.26. The average molecular weight is 438 g/mol. The normalized spacial score (nSPS) is 22.0. The molecular weight excluding hydrogens is 423 g/mol. The molecule has 0 N–H and O–H groups in total. The van der Waals surface area contributed by atoms with Gasteiger partial charge in [-0.15, -0.1) is 0 Å². The standard InChI is InChI=1S/C16H15F9N2O2/c1-13(29-12(28)16(23,24)25)8-26(2)3-4-27(13)11-6-9(14(17,18)19)5-10(7-11)15(20,21)22/h5-7H,3-4,8H2,1-2H3/t13-/m1/s1. The van der Waals surface area contributed by atoms with E-state index in [1.54, 1.807) is 0 Å². The number of nitrogens with zero attached hydrogens (tertiary/aromatic N) is 2. The van der Waals surface area contributed by atoms with Crippen LogP contribution in [0.1, 0.15) is 18.1 Å². The first-order valence-corrected chi connectivity index (χ1v) is 7.99. The monoisotopic (exact) mass is 438 g/mol. The van der Waals surface area contributed by atoms with Crippen LogP contribution in [0.5, 0.6) is 0 Å². The molecule has 1 fully saturated rings. The van der Waals surface area contributed by atoms with Gasteiger partial charge in [0.15, 0.2) is 5.72 Å². The Balaban J connectivity index is 2.58. The zero-order valence-electron chi connectivity index (χ0n) is 15.0. The Morgan fingerprint density at radius 1 is 0.931 bits per heavy atom. The lowest BCUT2D eigenvalue weighted by Crippen LogP contribution is -2.63. The third kappa shape index (κ3) is 5.25. The predicted octanol–water partition coefficient (Wildman–Crippen LogP) is 4.30. The van der Waals surface area contributed by atoms with E-state index in [-0.39, 0.29) is 25.7 Å². The molecule has 4 nitrogen and oxygen atoms in total. The number of carbonyl (C=O) groups is 1. The third-order valence-electron chi connectivity index (χ3n) is 4.27. The molecule has 0 bridgehead atoms. The molecule has 1 aliphatic rings.